The second-order valence-corrected chi connectivity index (χ2v) is 5.81. The number of anilines is 2. The Kier molecular flexibility index (Phi) is 5.17. The van der Waals surface area contributed by atoms with E-state index in [1.54, 1.807) is 0 Å². The van der Waals surface area contributed by atoms with E-state index >= 15 is 0 Å². The number of benzene rings is 1. The maximum absolute atomic E-state index is 13.1. The molecule has 0 radical (unpaired) electrons. The first-order valence-electron chi connectivity index (χ1n) is 7.61. The Bertz CT molecular complexity index is 506. The Balaban J connectivity index is 1.97. The van der Waals surface area contributed by atoms with Crippen molar-refractivity contribution in [3.8, 4) is 0 Å². The van der Waals surface area contributed by atoms with Crippen molar-refractivity contribution in [3.05, 3.63) is 24.0 Å². The molecule has 0 spiro atoms. The number of hydrogen-bond donors (Lipinski definition) is 2. The summed E-state index contributed by atoms with van der Waals surface area (Å²) in [5.41, 5.74) is 6.10. The maximum atomic E-state index is 13.1. The smallest absolute Gasteiger partial charge is 0.241 e. The zero-order valence-electron chi connectivity index (χ0n) is 12.7. The molecule has 3 N–H and O–H groups in total. The van der Waals surface area contributed by atoms with Gasteiger partial charge in [0, 0.05) is 12.2 Å². The summed E-state index contributed by atoms with van der Waals surface area (Å²) >= 11 is 0. The summed E-state index contributed by atoms with van der Waals surface area (Å²) in [5, 5.41) is 2.81. The highest BCUT2D eigenvalue weighted by Crippen LogP contribution is 2.22. The number of likely N-dealkylation sites (tertiary alicyclic amines) is 1. The second kappa shape index (κ2) is 6.89. The number of rotatable bonds is 4. The minimum atomic E-state index is -0.470. The lowest BCUT2D eigenvalue weighted by molar-refractivity contribution is -0.121. The first-order valence-corrected chi connectivity index (χ1v) is 7.61. The lowest BCUT2D eigenvalue weighted by atomic mass is 9.94. The van der Waals surface area contributed by atoms with Gasteiger partial charge in [-0.2, -0.15) is 0 Å². The Morgan fingerprint density at radius 3 is 3.00 bits per heavy atom. The number of nitrogens with two attached hydrogens (primary N) is 1. The third kappa shape index (κ3) is 3.94. The fourth-order valence-electron chi connectivity index (χ4n) is 2.82. The fourth-order valence-corrected chi connectivity index (χ4v) is 2.82. The molecule has 116 valence electrons. The van der Waals surface area contributed by atoms with Crippen LogP contribution >= 0.6 is 0 Å². The van der Waals surface area contributed by atoms with Gasteiger partial charge in [0.05, 0.1) is 11.7 Å². The molecule has 2 rings (SSSR count). The second-order valence-electron chi connectivity index (χ2n) is 5.81. The van der Waals surface area contributed by atoms with E-state index in [1.807, 2.05) is 6.92 Å². The quantitative estimate of drug-likeness (QED) is 0.839. The average Bonchev–Trinajstić information content (AvgIpc) is 2.50. The number of nitrogens with one attached hydrogen (secondary N) is 1. The highest BCUT2D eigenvalue weighted by Gasteiger charge is 2.26. The fraction of sp³-hybridized carbons (Fsp3) is 0.562. The molecule has 5 heteroatoms. The van der Waals surface area contributed by atoms with E-state index < -0.39 is 5.82 Å². The summed E-state index contributed by atoms with van der Waals surface area (Å²) < 4.78 is 13.1. The van der Waals surface area contributed by atoms with E-state index in [0.717, 1.165) is 25.9 Å². The summed E-state index contributed by atoms with van der Waals surface area (Å²) in [5.74, 6) is 0.135. The van der Waals surface area contributed by atoms with Crippen LogP contribution in [0, 0.1) is 11.7 Å². The van der Waals surface area contributed by atoms with Crippen LogP contribution in [0.3, 0.4) is 0 Å². The van der Waals surface area contributed by atoms with E-state index in [4.69, 9.17) is 5.73 Å². The van der Waals surface area contributed by atoms with Crippen LogP contribution in [0.1, 0.15) is 33.1 Å². The van der Waals surface area contributed by atoms with Crippen molar-refractivity contribution in [2.45, 2.75) is 39.2 Å². The van der Waals surface area contributed by atoms with E-state index in [9.17, 15) is 9.18 Å². The molecule has 1 aliphatic heterocycles. The lowest BCUT2D eigenvalue weighted by Crippen LogP contribution is -2.47. The molecule has 1 aromatic rings. The lowest BCUT2D eigenvalue weighted by Gasteiger charge is -2.35. The van der Waals surface area contributed by atoms with Crippen molar-refractivity contribution in [1.82, 2.24) is 4.90 Å². The van der Waals surface area contributed by atoms with Gasteiger partial charge in [0.15, 0.2) is 0 Å². The van der Waals surface area contributed by atoms with Gasteiger partial charge in [-0.05, 0) is 50.4 Å². The van der Waals surface area contributed by atoms with Gasteiger partial charge in [0.1, 0.15) is 5.82 Å². The number of nitrogen functional groups attached to an aromatic ring is 1. The number of carbonyl (C=O) groups is 1. The van der Waals surface area contributed by atoms with Gasteiger partial charge in [-0.1, -0.05) is 13.3 Å². The number of amides is 1. The zero-order chi connectivity index (χ0) is 15.4. The summed E-state index contributed by atoms with van der Waals surface area (Å²) in [6.45, 7) is 6.04. The normalized spacial score (nSPS) is 21.0. The maximum Gasteiger partial charge on any atom is 0.241 e. The minimum Gasteiger partial charge on any atom is -0.396 e. The molecule has 1 saturated heterocycles. The number of piperidine rings is 1. The number of carbonyl (C=O) groups excluding carboxylic acids is 1. The van der Waals surface area contributed by atoms with Crippen LogP contribution in [-0.2, 0) is 4.79 Å². The predicted molar refractivity (Wildman–Crippen MR) is 83.5 cm³/mol. The Labute approximate surface area is 125 Å². The van der Waals surface area contributed by atoms with Crippen LogP contribution in [0.25, 0.3) is 0 Å². The largest absolute Gasteiger partial charge is 0.396 e. The van der Waals surface area contributed by atoms with Gasteiger partial charge in [-0.3, -0.25) is 9.69 Å². The van der Waals surface area contributed by atoms with Crippen molar-refractivity contribution < 1.29 is 9.18 Å². The molecule has 2 atom stereocenters. The standard InChI is InChI=1S/C16H24FN3O/c1-3-12-5-4-8-20(10-12)11(2)16(21)19-13-6-7-14(17)15(18)9-13/h6-7,9,11-12H,3-5,8,10,18H2,1-2H3,(H,19,21). The molecule has 0 aromatic heterocycles. The van der Waals surface area contributed by atoms with Gasteiger partial charge in [-0.25, -0.2) is 4.39 Å². The van der Waals surface area contributed by atoms with Gasteiger partial charge in [0.25, 0.3) is 0 Å². The van der Waals surface area contributed by atoms with Crippen LogP contribution in [0.15, 0.2) is 18.2 Å². The van der Waals surface area contributed by atoms with Gasteiger partial charge < -0.3 is 11.1 Å². The Hall–Kier alpha value is -1.62. The number of nitrogens with zero attached hydrogens (tertiary/aromatic N) is 1. The van der Waals surface area contributed by atoms with E-state index in [0.29, 0.717) is 11.6 Å². The summed E-state index contributed by atoms with van der Waals surface area (Å²) in [4.78, 5) is 14.5. The van der Waals surface area contributed by atoms with Gasteiger partial charge >= 0.3 is 0 Å². The Morgan fingerprint density at radius 2 is 2.33 bits per heavy atom. The molecule has 1 amide bonds. The summed E-state index contributed by atoms with van der Waals surface area (Å²) in [6.07, 6.45) is 3.54. The third-order valence-electron chi connectivity index (χ3n) is 4.32. The Morgan fingerprint density at radius 1 is 1.57 bits per heavy atom. The highest BCUT2D eigenvalue weighted by atomic mass is 19.1. The summed E-state index contributed by atoms with van der Waals surface area (Å²) in [6, 6.07) is 4.06. The predicted octanol–water partition coefficient (Wildman–Crippen LogP) is 2.86. The topological polar surface area (TPSA) is 58.4 Å². The van der Waals surface area contributed by atoms with Crippen LogP contribution < -0.4 is 11.1 Å². The van der Waals surface area contributed by atoms with Crippen LogP contribution in [0.4, 0.5) is 15.8 Å². The third-order valence-corrected chi connectivity index (χ3v) is 4.32. The SMILES string of the molecule is CCC1CCCN(C(C)C(=O)Nc2ccc(F)c(N)c2)C1. The first-order chi connectivity index (χ1) is 10.0. The molecule has 1 heterocycles. The highest BCUT2D eigenvalue weighted by molar-refractivity contribution is 5.94. The molecule has 0 aliphatic carbocycles. The molecule has 1 aromatic carbocycles. The van der Waals surface area contributed by atoms with Crippen LogP contribution in [0.2, 0.25) is 0 Å². The van der Waals surface area contributed by atoms with Crippen molar-refractivity contribution in [2.75, 3.05) is 24.1 Å². The van der Waals surface area contributed by atoms with Crippen molar-refractivity contribution in [2.24, 2.45) is 5.92 Å². The van der Waals surface area contributed by atoms with E-state index in [1.165, 1.54) is 24.6 Å². The monoisotopic (exact) mass is 293 g/mol. The summed E-state index contributed by atoms with van der Waals surface area (Å²) in [7, 11) is 0. The molecule has 0 bridgehead atoms. The minimum absolute atomic E-state index is 0.0458. The number of hydrogen-bond acceptors (Lipinski definition) is 3. The molecule has 1 aliphatic rings. The first kappa shape index (κ1) is 15.8. The van der Waals surface area contributed by atoms with Crippen LogP contribution in [0.5, 0.6) is 0 Å². The van der Waals surface area contributed by atoms with Gasteiger partial charge in [-0.15, -0.1) is 0 Å². The van der Waals surface area contributed by atoms with Crippen LogP contribution in [-0.4, -0.2) is 29.9 Å². The zero-order valence-corrected chi connectivity index (χ0v) is 12.7. The molecular weight excluding hydrogens is 269 g/mol. The van der Waals surface area contributed by atoms with Gasteiger partial charge in [0.2, 0.25) is 5.91 Å². The molecule has 2 unspecified atom stereocenters. The molecule has 4 nitrogen and oxygen atoms in total. The molecule has 1 fully saturated rings. The molecule has 0 saturated carbocycles. The average molecular weight is 293 g/mol. The van der Waals surface area contributed by atoms with Crippen molar-refractivity contribution >= 4 is 17.3 Å². The molecule has 21 heavy (non-hydrogen) atoms. The number of halogens is 1. The van der Waals surface area contributed by atoms with E-state index in [2.05, 4.69) is 17.1 Å². The van der Waals surface area contributed by atoms with Crippen molar-refractivity contribution in [3.63, 3.8) is 0 Å². The molecular formula is C16H24FN3O. The van der Waals surface area contributed by atoms with E-state index in [-0.39, 0.29) is 17.6 Å². The van der Waals surface area contributed by atoms with Crippen molar-refractivity contribution in [1.29, 1.82) is 0 Å².